The molecule has 3 N–H and O–H groups in total. The fourth-order valence-electron chi connectivity index (χ4n) is 4.73. The maximum Gasteiger partial charge on any atom is 0.272 e. The number of aromatic nitrogens is 3. The number of ether oxygens (including phenoxy) is 1. The van der Waals surface area contributed by atoms with Gasteiger partial charge >= 0.3 is 0 Å². The van der Waals surface area contributed by atoms with Crippen molar-refractivity contribution in [2.45, 2.75) is 0 Å². The summed E-state index contributed by atoms with van der Waals surface area (Å²) in [7, 11) is 5.27. The van der Waals surface area contributed by atoms with Crippen LogP contribution in [0.4, 0.5) is 11.4 Å². The number of nitrogens with zero attached hydrogens (tertiary/aromatic N) is 4. The molecule has 0 unspecified atom stereocenters. The zero-order valence-corrected chi connectivity index (χ0v) is 22.8. The minimum Gasteiger partial charge on any atom is -0.472 e. The van der Waals surface area contributed by atoms with Crippen LogP contribution in [0.15, 0.2) is 59.8 Å². The quantitative estimate of drug-likeness (QED) is 0.296. The van der Waals surface area contributed by atoms with Gasteiger partial charge in [0.25, 0.3) is 17.7 Å². The Bertz CT molecular complexity index is 1510. The lowest BCUT2D eigenvalue weighted by Gasteiger charge is -2.26. The molecule has 0 bridgehead atoms. The van der Waals surface area contributed by atoms with Crippen LogP contribution in [-0.2, 0) is 25.9 Å². The van der Waals surface area contributed by atoms with E-state index in [9.17, 15) is 14.4 Å². The van der Waals surface area contributed by atoms with Crippen LogP contribution in [0.25, 0.3) is 11.1 Å². The molecule has 5 rings (SSSR count). The molecule has 0 atom stereocenters. The Hall–Kier alpha value is -4.55. The van der Waals surface area contributed by atoms with Gasteiger partial charge in [-0.05, 0) is 24.3 Å². The average Bonchev–Trinajstić information content (AvgIpc) is 3.72. The molecule has 1 fully saturated rings. The van der Waals surface area contributed by atoms with Crippen molar-refractivity contribution < 1.29 is 23.5 Å². The zero-order chi connectivity index (χ0) is 28.2. The van der Waals surface area contributed by atoms with Crippen LogP contribution in [0.2, 0.25) is 0 Å². The maximum absolute atomic E-state index is 13.0. The molecule has 210 valence electrons. The third kappa shape index (κ3) is 6.03. The van der Waals surface area contributed by atoms with Crippen molar-refractivity contribution >= 4 is 29.1 Å². The second-order valence-corrected chi connectivity index (χ2v) is 9.80. The molecule has 0 saturated carbocycles. The molecule has 1 aliphatic rings. The molecule has 4 aromatic heterocycles. The fraction of sp³-hybridized carbons (Fsp3) is 0.321. The highest BCUT2D eigenvalue weighted by atomic mass is 16.5. The standard InChI is InChI=1S/C28H33N7O5/c1-32-15-20(19-4-9-40-18-19)12-23(32)27(37)30-22-14-25(34(3)17-22)28(38)31-21-13-24(33(2)16-21)26(36)29-5-6-35-7-10-39-11-8-35/h4,9,12-18H,5-8,10-11H2,1-3H3,(H,29,36)(H,30,37)(H,31,38). The van der Waals surface area contributed by atoms with Gasteiger partial charge in [0, 0.05) is 77.0 Å². The zero-order valence-electron chi connectivity index (χ0n) is 22.8. The highest BCUT2D eigenvalue weighted by Gasteiger charge is 2.19. The van der Waals surface area contributed by atoms with E-state index < -0.39 is 0 Å². The van der Waals surface area contributed by atoms with Crippen molar-refractivity contribution in [1.29, 1.82) is 0 Å². The molecule has 0 aliphatic carbocycles. The Labute approximate surface area is 231 Å². The first kappa shape index (κ1) is 27.0. The lowest BCUT2D eigenvalue weighted by molar-refractivity contribution is 0.0383. The van der Waals surface area contributed by atoms with Gasteiger partial charge in [-0.25, -0.2) is 0 Å². The van der Waals surface area contributed by atoms with Gasteiger partial charge < -0.3 is 38.8 Å². The Morgan fingerprint density at radius 3 is 1.95 bits per heavy atom. The summed E-state index contributed by atoms with van der Waals surface area (Å²) in [6.07, 6.45) is 8.41. The lowest BCUT2D eigenvalue weighted by Crippen LogP contribution is -2.41. The number of rotatable bonds is 9. The van der Waals surface area contributed by atoms with Crippen molar-refractivity contribution in [3.8, 4) is 11.1 Å². The summed E-state index contributed by atoms with van der Waals surface area (Å²) in [6.45, 7) is 4.43. The average molecular weight is 548 g/mol. The van der Waals surface area contributed by atoms with Gasteiger partial charge in [-0.15, -0.1) is 0 Å². The van der Waals surface area contributed by atoms with E-state index in [1.165, 1.54) is 0 Å². The molecular formula is C28H33N7O5. The van der Waals surface area contributed by atoms with Gasteiger partial charge in [-0.1, -0.05) is 0 Å². The van der Waals surface area contributed by atoms with E-state index in [4.69, 9.17) is 9.15 Å². The van der Waals surface area contributed by atoms with Gasteiger partial charge in [0.2, 0.25) is 0 Å². The number of morpholine rings is 1. The highest BCUT2D eigenvalue weighted by Crippen LogP contribution is 2.23. The molecule has 40 heavy (non-hydrogen) atoms. The van der Waals surface area contributed by atoms with E-state index in [0.29, 0.717) is 48.2 Å². The van der Waals surface area contributed by atoms with Crippen molar-refractivity contribution in [1.82, 2.24) is 23.9 Å². The number of carbonyl (C=O) groups excluding carboxylic acids is 3. The van der Waals surface area contributed by atoms with E-state index in [2.05, 4.69) is 20.9 Å². The number of carbonyl (C=O) groups is 3. The number of anilines is 2. The Morgan fingerprint density at radius 2 is 1.35 bits per heavy atom. The Morgan fingerprint density at radius 1 is 0.775 bits per heavy atom. The SMILES string of the molecule is Cn1cc(NC(=O)c2cc(NC(=O)c3cc(-c4ccoc4)cn3C)cn2C)cc1C(=O)NCCN1CCOCC1. The number of aryl methyl sites for hydroxylation is 3. The van der Waals surface area contributed by atoms with Crippen LogP contribution < -0.4 is 16.0 Å². The molecule has 0 aromatic carbocycles. The van der Waals surface area contributed by atoms with Crippen molar-refractivity contribution in [2.75, 3.05) is 50.0 Å². The van der Waals surface area contributed by atoms with Gasteiger partial charge in [-0.3, -0.25) is 19.3 Å². The summed E-state index contributed by atoms with van der Waals surface area (Å²) < 4.78 is 15.5. The first-order valence-electron chi connectivity index (χ1n) is 13.0. The molecule has 1 saturated heterocycles. The van der Waals surface area contributed by atoms with E-state index in [-0.39, 0.29) is 17.7 Å². The lowest BCUT2D eigenvalue weighted by atomic mass is 10.2. The normalized spacial score (nSPS) is 13.8. The van der Waals surface area contributed by atoms with Gasteiger partial charge in [0.05, 0.1) is 37.1 Å². The molecule has 12 nitrogen and oxygen atoms in total. The number of hydrogen-bond donors (Lipinski definition) is 3. The predicted octanol–water partition coefficient (Wildman–Crippen LogP) is 2.53. The maximum atomic E-state index is 13.0. The highest BCUT2D eigenvalue weighted by molar-refractivity contribution is 6.07. The molecule has 0 spiro atoms. The molecule has 1 aliphatic heterocycles. The van der Waals surface area contributed by atoms with Crippen LogP contribution in [0.1, 0.15) is 31.5 Å². The van der Waals surface area contributed by atoms with Gasteiger partial charge in [0.1, 0.15) is 17.1 Å². The Kier molecular flexibility index (Phi) is 7.89. The number of hydrogen-bond acceptors (Lipinski definition) is 6. The minimum atomic E-state index is -0.367. The Balaban J connectivity index is 1.18. The fourth-order valence-corrected chi connectivity index (χ4v) is 4.73. The van der Waals surface area contributed by atoms with Crippen LogP contribution in [-0.4, -0.2) is 75.7 Å². The van der Waals surface area contributed by atoms with Gasteiger partial charge in [-0.2, -0.15) is 0 Å². The smallest absolute Gasteiger partial charge is 0.272 e. The van der Waals surface area contributed by atoms with E-state index in [0.717, 1.165) is 30.8 Å². The summed E-state index contributed by atoms with van der Waals surface area (Å²) in [5.41, 5.74) is 3.97. The van der Waals surface area contributed by atoms with Crippen LogP contribution >= 0.6 is 0 Å². The van der Waals surface area contributed by atoms with Crippen LogP contribution in [0.5, 0.6) is 0 Å². The minimum absolute atomic E-state index is 0.211. The summed E-state index contributed by atoms with van der Waals surface area (Å²) in [5.74, 6) is -0.882. The van der Waals surface area contributed by atoms with Crippen molar-refractivity contribution in [3.05, 3.63) is 72.5 Å². The largest absolute Gasteiger partial charge is 0.472 e. The second kappa shape index (κ2) is 11.7. The van der Waals surface area contributed by atoms with Crippen LogP contribution in [0.3, 0.4) is 0 Å². The molecular weight excluding hydrogens is 514 g/mol. The molecule has 3 amide bonds. The second-order valence-electron chi connectivity index (χ2n) is 9.80. The number of amides is 3. The van der Waals surface area contributed by atoms with Gasteiger partial charge in [0.15, 0.2) is 0 Å². The third-order valence-corrected chi connectivity index (χ3v) is 6.90. The predicted molar refractivity (Wildman–Crippen MR) is 149 cm³/mol. The van der Waals surface area contributed by atoms with E-state index >= 15 is 0 Å². The first-order valence-corrected chi connectivity index (χ1v) is 13.0. The van der Waals surface area contributed by atoms with Crippen molar-refractivity contribution in [2.24, 2.45) is 21.1 Å². The monoisotopic (exact) mass is 547 g/mol. The summed E-state index contributed by atoms with van der Waals surface area (Å²) in [6, 6.07) is 6.85. The molecule has 4 aromatic rings. The number of nitrogens with one attached hydrogen (secondary N) is 3. The number of furan rings is 1. The van der Waals surface area contributed by atoms with E-state index in [1.54, 1.807) is 78.0 Å². The first-order chi connectivity index (χ1) is 19.3. The van der Waals surface area contributed by atoms with Crippen molar-refractivity contribution in [3.63, 3.8) is 0 Å². The summed E-state index contributed by atoms with van der Waals surface area (Å²) >= 11 is 0. The third-order valence-electron chi connectivity index (χ3n) is 6.90. The van der Waals surface area contributed by atoms with Crippen LogP contribution in [0, 0.1) is 0 Å². The topological polar surface area (TPSA) is 128 Å². The summed E-state index contributed by atoms with van der Waals surface area (Å²) in [4.78, 5) is 41.0. The molecule has 12 heteroatoms. The molecule has 0 radical (unpaired) electrons. The summed E-state index contributed by atoms with van der Waals surface area (Å²) in [5, 5.41) is 8.64. The molecule has 5 heterocycles. The van der Waals surface area contributed by atoms with E-state index in [1.807, 2.05) is 12.3 Å².